The Morgan fingerprint density at radius 2 is 2.07 bits per heavy atom. The monoisotopic (exact) mass is 213 g/mol. The summed E-state index contributed by atoms with van der Waals surface area (Å²) in [7, 11) is 1.45. The van der Waals surface area contributed by atoms with Gasteiger partial charge >= 0.3 is 6.09 Å². The van der Waals surface area contributed by atoms with Gasteiger partial charge in [-0.25, -0.2) is 4.79 Å². The molecule has 0 atom stereocenters. The predicted molar refractivity (Wildman–Crippen MR) is 56.8 cm³/mol. The summed E-state index contributed by atoms with van der Waals surface area (Å²) in [5.41, 5.74) is 0. The van der Waals surface area contributed by atoms with Gasteiger partial charge in [0, 0.05) is 45.3 Å². The first kappa shape index (κ1) is 10.7. The number of nitrogens with one attached hydrogen (secondary N) is 1. The zero-order chi connectivity index (χ0) is 10.7. The van der Waals surface area contributed by atoms with Gasteiger partial charge < -0.3 is 15.0 Å². The van der Waals surface area contributed by atoms with E-state index in [1.54, 1.807) is 4.90 Å². The van der Waals surface area contributed by atoms with Crippen LogP contribution in [-0.4, -0.2) is 68.3 Å². The van der Waals surface area contributed by atoms with Gasteiger partial charge in [0.15, 0.2) is 0 Å². The van der Waals surface area contributed by atoms with E-state index in [0.717, 1.165) is 45.7 Å². The summed E-state index contributed by atoms with van der Waals surface area (Å²) in [6.45, 7) is 5.88. The number of nitrogens with zero attached hydrogens (tertiary/aromatic N) is 2. The number of carbonyl (C=O) groups is 1. The molecule has 0 aromatic heterocycles. The molecule has 86 valence electrons. The Kier molecular flexibility index (Phi) is 3.43. The van der Waals surface area contributed by atoms with Crippen molar-refractivity contribution in [3.63, 3.8) is 0 Å². The molecule has 1 amide bonds. The zero-order valence-electron chi connectivity index (χ0n) is 9.24. The second-order valence-corrected chi connectivity index (χ2v) is 4.16. The van der Waals surface area contributed by atoms with Crippen LogP contribution in [0.2, 0.25) is 0 Å². The number of carbonyl (C=O) groups excluding carboxylic acids is 1. The van der Waals surface area contributed by atoms with Crippen LogP contribution in [0, 0.1) is 0 Å². The number of hydrogen-bond acceptors (Lipinski definition) is 4. The van der Waals surface area contributed by atoms with E-state index in [1.807, 2.05) is 0 Å². The van der Waals surface area contributed by atoms with Crippen LogP contribution in [0.1, 0.15) is 6.42 Å². The van der Waals surface area contributed by atoms with E-state index >= 15 is 0 Å². The summed E-state index contributed by atoms with van der Waals surface area (Å²) in [5, 5.41) is 3.28. The Balaban J connectivity index is 1.83. The lowest BCUT2D eigenvalue weighted by Gasteiger charge is -2.37. The van der Waals surface area contributed by atoms with Crippen LogP contribution in [0.5, 0.6) is 0 Å². The molecule has 0 spiro atoms. The summed E-state index contributed by atoms with van der Waals surface area (Å²) in [6.07, 6.45) is 0.856. The van der Waals surface area contributed by atoms with Crippen LogP contribution < -0.4 is 5.32 Å². The highest BCUT2D eigenvalue weighted by Crippen LogP contribution is 2.10. The van der Waals surface area contributed by atoms with E-state index in [1.165, 1.54) is 7.11 Å². The average Bonchev–Trinajstić information content (AvgIpc) is 2.40. The fourth-order valence-electron chi connectivity index (χ4n) is 2.15. The first-order valence-corrected chi connectivity index (χ1v) is 5.59. The third-order valence-electron chi connectivity index (χ3n) is 3.24. The van der Waals surface area contributed by atoms with Gasteiger partial charge in [-0.05, 0) is 6.42 Å². The lowest BCUT2D eigenvalue weighted by molar-refractivity contribution is 0.119. The van der Waals surface area contributed by atoms with Crippen molar-refractivity contribution in [1.82, 2.24) is 15.1 Å². The molecule has 0 unspecified atom stereocenters. The Morgan fingerprint density at radius 1 is 1.27 bits per heavy atom. The average molecular weight is 213 g/mol. The fraction of sp³-hybridized carbons (Fsp3) is 0.900. The van der Waals surface area contributed by atoms with Gasteiger partial charge in [-0.15, -0.1) is 0 Å². The van der Waals surface area contributed by atoms with Crippen LogP contribution >= 0.6 is 0 Å². The number of methoxy groups -OCH3 is 1. The van der Waals surface area contributed by atoms with Crippen molar-refractivity contribution in [2.75, 3.05) is 46.4 Å². The topological polar surface area (TPSA) is 44.8 Å². The van der Waals surface area contributed by atoms with Gasteiger partial charge in [0.1, 0.15) is 0 Å². The van der Waals surface area contributed by atoms with Crippen LogP contribution in [0.25, 0.3) is 0 Å². The summed E-state index contributed by atoms with van der Waals surface area (Å²) in [4.78, 5) is 15.6. The van der Waals surface area contributed by atoms with Crippen LogP contribution in [0.3, 0.4) is 0 Å². The maximum absolute atomic E-state index is 11.4. The lowest BCUT2D eigenvalue weighted by atomic mass is 10.1. The SMILES string of the molecule is COC(=O)N1CCCN(C2CNC2)CC1. The first-order chi connectivity index (χ1) is 7.31. The summed E-state index contributed by atoms with van der Waals surface area (Å²) in [5.74, 6) is 0. The largest absolute Gasteiger partial charge is 0.453 e. The Labute approximate surface area is 90.4 Å². The minimum Gasteiger partial charge on any atom is -0.453 e. The van der Waals surface area contributed by atoms with Crippen molar-refractivity contribution in [2.45, 2.75) is 12.5 Å². The van der Waals surface area contributed by atoms with Crippen LogP contribution in [-0.2, 0) is 4.74 Å². The third-order valence-corrected chi connectivity index (χ3v) is 3.24. The maximum atomic E-state index is 11.4. The molecular weight excluding hydrogens is 194 g/mol. The highest BCUT2D eigenvalue weighted by molar-refractivity contribution is 5.67. The van der Waals surface area contributed by atoms with Crippen molar-refractivity contribution in [2.24, 2.45) is 0 Å². The predicted octanol–water partition coefficient (Wildman–Crippen LogP) is -0.268. The normalized spacial score (nSPS) is 24.5. The van der Waals surface area contributed by atoms with Gasteiger partial charge in [-0.1, -0.05) is 0 Å². The van der Waals surface area contributed by atoms with Gasteiger partial charge in [0.25, 0.3) is 0 Å². The van der Waals surface area contributed by atoms with E-state index < -0.39 is 0 Å². The zero-order valence-corrected chi connectivity index (χ0v) is 9.24. The van der Waals surface area contributed by atoms with Crippen molar-refractivity contribution in [1.29, 1.82) is 0 Å². The van der Waals surface area contributed by atoms with E-state index in [4.69, 9.17) is 4.74 Å². The Hall–Kier alpha value is -0.810. The van der Waals surface area contributed by atoms with Gasteiger partial charge in [0.2, 0.25) is 0 Å². The quantitative estimate of drug-likeness (QED) is 0.651. The standard InChI is InChI=1S/C10H19N3O2/c1-15-10(14)13-4-2-3-12(5-6-13)9-7-11-8-9/h9,11H,2-8H2,1H3. The molecule has 5 nitrogen and oxygen atoms in total. The summed E-state index contributed by atoms with van der Waals surface area (Å²) in [6, 6.07) is 0.683. The second kappa shape index (κ2) is 4.81. The van der Waals surface area contributed by atoms with Crippen molar-refractivity contribution in [3.05, 3.63) is 0 Å². The smallest absolute Gasteiger partial charge is 0.409 e. The Morgan fingerprint density at radius 3 is 2.67 bits per heavy atom. The number of rotatable bonds is 1. The molecule has 0 aliphatic carbocycles. The van der Waals surface area contributed by atoms with Crippen molar-refractivity contribution in [3.8, 4) is 0 Å². The van der Waals surface area contributed by atoms with Gasteiger partial charge in [0.05, 0.1) is 7.11 Å². The molecule has 5 heteroatoms. The lowest BCUT2D eigenvalue weighted by Crippen LogP contribution is -2.57. The molecule has 0 aromatic rings. The molecule has 0 saturated carbocycles. The minimum absolute atomic E-state index is 0.191. The molecule has 2 aliphatic heterocycles. The van der Waals surface area contributed by atoms with Crippen LogP contribution in [0.4, 0.5) is 4.79 Å². The highest BCUT2D eigenvalue weighted by atomic mass is 16.5. The molecule has 2 heterocycles. The highest BCUT2D eigenvalue weighted by Gasteiger charge is 2.27. The summed E-state index contributed by atoms with van der Waals surface area (Å²) >= 11 is 0. The molecule has 1 N–H and O–H groups in total. The molecule has 0 radical (unpaired) electrons. The molecule has 0 aromatic carbocycles. The molecule has 2 aliphatic rings. The number of hydrogen-bond donors (Lipinski definition) is 1. The Bertz CT molecular complexity index is 231. The van der Waals surface area contributed by atoms with Gasteiger partial charge in [-0.2, -0.15) is 0 Å². The van der Waals surface area contributed by atoms with Crippen molar-refractivity contribution < 1.29 is 9.53 Å². The van der Waals surface area contributed by atoms with Gasteiger partial charge in [-0.3, -0.25) is 4.90 Å². The third kappa shape index (κ3) is 2.41. The number of amides is 1. The molecule has 2 saturated heterocycles. The molecule has 2 rings (SSSR count). The van der Waals surface area contributed by atoms with E-state index in [-0.39, 0.29) is 6.09 Å². The maximum Gasteiger partial charge on any atom is 0.409 e. The summed E-state index contributed by atoms with van der Waals surface area (Å²) < 4.78 is 4.74. The first-order valence-electron chi connectivity index (χ1n) is 5.59. The van der Waals surface area contributed by atoms with E-state index in [0.29, 0.717) is 6.04 Å². The molecule has 15 heavy (non-hydrogen) atoms. The minimum atomic E-state index is -0.191. The fourth-order valence-corrected chi connectivity index (χ4v) is 2.15. The molecular formula is C10H19N3O2. The molecule has 2 fully saturated rings. The van der Waals surface area contributed by atoms with E-state index in [9.17, 15) is 4.79 Å². The van der Waals surface area contributed by atoms with Crippen molar-refractivity contribution >= 4 is 6.09 Å². The number of ether oxygens (including phenoxy) is 1. The molecule has 0 bridgehead atoms. The second-order valence-electron chi connectivity index (χ2n) is 4.16. The van der Waals surface area contributed by atoms with E-state index in [2.05, 4.69) is 10.2 Å². The van der Waals surface area contributed by atoms with Crippen LogP contribution in [0.15, 0.2) is 0 Å².